The van der Waals surface area contributed by atoms with Crippen LogP contribution in [-0.2, 0) is 17.8 Å². The van der Waals surface area contributed by atoms with E-state index in [2.05, 4.69) is 89.1 Å². The number of piperazine rings is 1. The van der Waals surface area contributed by atoms with E-state index in [-0.39, 0.29) is 18.4 Å². The largest absolute Gasteiger partial charge is 0.365 e. The zero-order valence-electron chi connectivity index (χ0n) is 24.7. The molecule has 2 saturated heterocycles. The number of aromatic nitrogens is 2. The van der Waals surface area contributed by atoms with Gasteiger partial charge in [-0.2, -0.15) is 10.2 Å². The van der Waals surface area contributed by atoms with Gasteiger partial charge in [-0.25, -0.2) is 4.98 Å². The molecule has 218 valence electrons. The van der Waals surface area contributed by atoms with Crippen LogP contribution >= 0.6 is 0 Å². The SMILES string of the molecule is C=CC(=O)N1CCN(c2nc(NC[C@@H]3C[C@@H](C)CN3C)nc3c2CCN(c2cccc4ccccc24)C3)C[C@@H]1CC#N. The maximum Gasteiger partial charge on any atom is 0.246 e. The van der Waals surface area contributed by atoms with E-state index >= 15 is 0 Å². The van der Waals surface area contributed by atoms with Gasteiger partial charge >= 0.3 is 0 Å². The second kappa shape index (κ2) is 12.0. The molecule has 1 amide bonds. The minimum Gasteiger partial charge on any atom is -0.365 e. The number of likely N-dealkylation sites (N-methyl/N-ethyl adjacent to an activating group) is 1. The summed E-state index contributed by atoms with van der Waals surface area (Å²) in [5.74, 6) is 2.14. The summed E-state index contributed by atoms with van der Waals surface area (Å²) < 4.78 is 0. The minimum atomic E-state index is -0.208. The predicted octanol–water partition coefficient (Wildman–Crippen LogP) is 4.06. The highest BCUT2D eigenvalue weighted by Crippen LogP contribution is 2.34. The van der Waals surface area contributed by atoms with Gasteiger partial charge in [-0.1, -0.05) is 49.9 Å². The summed E-state index contributed by atoms with van der Waals surface area (Å²) in [6, 6.07) is 17.5. The lowest BCUT2D eigenvalue weighted by atomic mass is 10.0. The molecule has 0 bridgehead atoms. The first-order valence-corrected chi connectivity index (χ1v) is 15.1. The first-order valence-electron chi connectivity index (χ1n) is 15.1. The van der Waals surface area contributed by atoms with E-state index in [1.807, 2.05) is 0 Å². The van der Waals surface area contributed by atoms with Crippen LogP contribution in [0.15, 0.2) is 55.1 Å². The second-order valence-electron chi connectivity index (χ2n) is 12.0. The van der Waals surface area contributed by atoms with Gasteiger partial charge in [-0.05, 0) is 43.3 Å². The van der Waals surface area contributed by atoms with Gasteiger partial charge in [0, 0.05) is 61.9 Å². The summed E-state index contributed by atoms with van der Waals surface area (Å²) in [5.41, 5.74) is 3.43. The summed E-state index contributed by atoms with van der Waals surface area (Å²) in [7, 11) is 2.19. The van der Waals surface area contributed by atoms with Gasteiger partial charge in [-0.3, -0.25) is 4.79 Å². The number of benzene rings is 2. The Morgan fingerprint density at radius 2 is 1.93 bits per heavy atom. The third-order valence-corrected chi connectivity index (χ3v) is 9.11. The molecule has 0 unspecified atom stereocenters. The lowest BCUT2D eigenvalue weighted by molar-refractivity contribution is -0.128. The zero-order chi connectivity index (χ0) is 29.2. The van der Waals surface area contributed by atoms with E-state index < -0.39 is 0 Å². The van der Waals surface area contributed by atoms with Crippen LogP contribution in [0.5, 0.6) is 0 Å². The molecule has 0 aliphatic carbocycles. The van der Waals surface area contributed by atoms with Crippen molar-refractivity contribution in [1.82, 2.24) is 19.8 Å². The second-order valence-corrected chi connectivity index (χ2v) is 12.0. The van der Waals surface area contributed by atoms with Crippen LogP contribution in [0.1, 0.15) is 31.0 Å². The van der Waals surface area contributed by atoms with Crippen LogP contribution in [0.4, 0.5) is 17.5 Å². The monoisotopic (exact) mass is 564 g/mol. The molecule has 3 aliphatic heterocycles. The fourth-order valence-corrected chi connectivity index (χ4v) is 6.98. The van der Waals surface area contributed by atoms with Gasteiger partial charge in [0.05, 0.1) is 30.8 Å². The number of nitrogens with zero attached hydrogens (tertiary/aromatic N) is 7. The van der Waals surface area contributed by atoms with Crippen LogP contribution < -0.4 is 15.1 Å². The van der Waals surface area contributed by atoms with Crippen molar-refractivity contribution in [3.8, 4) is 6.07 Å². The van der Waals surface area contributed by atoms with Crippen molar-refractivity contribution in [2.24, 2.45) is 5.92 Å². The van der Waals surface area contributed by atoms with Crippen LogP contribution in [0.3, 0.4) is 0 Å². The van der Waals surface area contributed by atoms with Gasteiger partial charge in [0.2, 0.25) is 11.9 Å². The smallest absolute Gasteiger partial charge is 0.246 e. The van der Waals surface area contributed by atoms with Crippen LogP contribution in [-0.4, -0.2) is 84.1 Å². The highest BCUT2D eigenvalue weighted by molar-refractivity contribution is 5.94. The van der Waals surface area contributed by atoms with Crippen LogP contribution in [0, 0.1) is 17.2 Å². The highest BCUT2D eigenvalue weighted by Gasteiger charge is 2.33. The molecule has 0 radical (unpaired) electrons. The number of hydrogen-bond acceptors (Lipinski definition) is 8. The van der Waals surface area contributed by atoms with E-state index in [0.717, 1.165) is 44.0 Å². The molecule has 0 spiro atoms. The van der Waals surface area contributed by atoms with E-state index in [0.29, 0.717) is 44.1 Å². The van der Waals surface area contributed by atoms with E-state index in [9.17, 15) is 10.1 Å². The van der Waals surface area contributed by atoms with E-state index in [4.69, 9.17) is 9.97 Å². The van der Waals surface area contributed by atoms with Crippen molar-refractivity contribution in [2.45, 2.75) is 44.8 Å². The summed E-state index contributed by atoms with van der Waals surface area (Å²) in [6.45, 7) is 11.2. The standard InChI is InChI=1S/C33H40N8O/c1-4-31(42)41-17-16-40(21-25(41)12-14-34)32-28-13-15-39(30-11-7-9-24-8-5-6-10-27(24)30)22-29(28)36-33(37-32)35-19-26-18-23(2)20-38(26)3/h4-11,23,25-26H,1,12-13,15-22H2,2-3H3,(H,35,36,37)/t23-,25+,26+/m1/s1. The Labute approximate surface area is 248 Å². The Bertz CT molecular complexity index is 1510. The quantitative estimate of drug-likeness (QED) is 0.430. The highest BCUT2D eigenvalue weighted by atomic mass is 16.2. The van der Waals surface area contributed by atoms with E-state index in [1.165, 1.54) is 28.1 Å². The third-order valence-electron chi connectivity index (χ3n) is 9.11. The lowest BCUT2D eigenvalue weighted by Gasteiger charge is -2.42. The number of nitriles is 1. The molecule has 1 N–H and O–H groups in total. The number of amides is 1. The molecule has 42 heavy (non-hydrogen) atoms. The molecule has 9 heteroatoms. The number of nitrogens with one attached hydrogen (secondary N) is 1. The van der Waals surface area contributed by atoms with Crippen molar-refractivity contribution in [1.29, 1.82) is 5.26 Å². The fraction of sp³-hybridized carbons (Fsp3) is 0.455. The van der Waals surface area contributed by atoms with Crippen LogP contribution in [0.25, 0.3) is 10.8 Å². The molecule has 9 nitrogen and oxygen atoms in total. The molecule has 2 fully saturated rings. The van der Waals surface area contributed by atoms with Gasteiger partial charge in [-0.15, -0.1) is 0 Å². The predicted molar refractivity (Wildman–Crippen MR) is 168 cm³/mol. The number of rotatable bonds is 7. The Hall–Kier alpha value is -4.16. The first-order chi connectivity index (χ1) is 20.4. The minimum absolute atomic E-state index is 0.123. The average Bonchev–Trinajstić information content (AvgIpc) is 3.34. The number of hydrogen-bond donors (Lipinski definition) is 1. The van der Waals surface area contributed by atoms with Crippen molar-refractivity contribution < 1.29 is 4.79 Å². The molecule has 2 aromatic carbocycles. The molecule has 4 heterocycles. The maximum atomic E-state index is 12.5. The number of carbonyl (C=O) groups excluding carboxylic acids is 1. The third kappa shape index (κ3) is 5.51. The molecular formula is C33H40N8O. The fourth-order valence-electron chi connectivity index (χ4n) is 6.98. The molecule has 0 saturated carbocycles. The number of anilines is 3. The van der Waals surface area contributed by atoms with Gasteiger partial charge in [0.15, 0.2) is 0 Å². The van der Waals surface area contributed by atoms with E-state index in [1.54, 1.807) is 4.90 Å². The number of likely N-dealkylation sites (tertiary alicyclic amines) is 1. The Morgan fingerprint density at radius 1 is 1.10 bits per heavy atom. The van der Waals surface area contributed by atoms with Crippen LogP contribution in [0.2, 0.25) is 0 Å². The van der Waals surface area contributed by atoms with Crippen molar-refractivity contribution in [3.05, 3.63) is 66.4 Å². The normalized spacial score (nSPS) is 22.6. The van der Waals surface area contributed by atoms with Crippen molar-refractivity contribution in [2.75, 3.05) is 61.4 Å². The lowest BCUT2D eigenvalue weighted by Crippen LogP contribution is -2.55. The van der Waals surface area contributed by atoms with Gasteiger partial charge in [0.1, 0.15) is 5.82 Å². The average molecular weight is 565 g/mol. The zero-order valence-corrected chi connectivity index (χ0v) is 24.7. The molecule has 3 atom stereocenters. The Balaban J connectivity index is 1.32. The Kier molecular flexibility index (Phi) is 7.98. The summed E-state index contributed by atoms with van der Waals surface area (Å²) in [4.78, 5) is 31.6. The van der Waals surface area contributed by atoms with Crippen molar-refractivity contribution >= 4 is 34.1 Å². The molecule has 3 aromatic rings. The topological polar surface area (TPSA) is 91.6 Å². The number of fused-ring (bicyclic) bond motifs is 2. The summed E-state index contributed by atoms with van der Waals surface area (Å²) >= 11 is 0. The summed E-state index contributed by atoms with van der Waals surface area (Å²) in [5, 5.41) is 15.6. The molecular weight excluding hydrogens is 524 g/mol. The first kappa shape index (κ1) is 28.0. The van der Waals surface area contributed by atoms with Crippen molar-refractivity contribution in [3.63, 3.8) is 0 Å². The van der Waals surface area contributed by atoms with Gasteiger partial charge < -0.3 is 24.9 Å². The molecule has 3 aliphatic rings. The van der Waals surface area contributed by atoms with Gasteiger partial charge in [0.25, 0.3) is 0 Å². The maximum absolute atomic E-state index is 12.5. The molecule has 1 aromatic heterocycles. The molecule has 6 rings (SSSR count). The number of carbonyl (C=O) groups is 1. The Morgan fingerprint density at radius 3 is 2.71 bits per heavy atom. The summed E-state index contributed by atoms with van der Waals surface area (Å²) in [6.07, 6.45) is 3.60.